The average Bonchev–Trinajstić information content (AvgIpc) is 2.16. The van der Waals surface area contributed by atoms with E-state index in [2.05, 4.69) is 0 Å². The molecule has 1 rings (SSSR count). The van der Waals surface area contributed by atoms with Crippen molar-refractivity contribution in [2.45, 2.75) is 31.2 Å². The largest absolute Gasteiger partial charge is 0.392 e. The minimum Gasteiger partial charge on any atom is -0.392 e. The van der Waals surface area contributed by atoms with Crippen LogP contribution in [0.25, 0.3) is 0 Å². The standard InChI is InChI=1S/C6H12N2S.ClH/c7-5(9)6(8)3-1-2-4-6;/h1-4,8H2,(H2,7,9);1H. The molecule has 0 spiro atoms. The quantitative estimate of drug-likeness (QED) is 0.592. The van der Waals surface area contributed by atoms with Crippen LogP contribution in [0.5, 0.6) is 0 Å². The smallest absolute Gasteiger partial charge is 0.0929 e. The van der Waals surface area contributed by atoms with Crippen molar-refractivity contribution in [3.63, 3.8) is 0 Å². The number of rotatable bonds is 1. The van der Waals surface area contributed by atoms with Crippen LogP contribution in [0.4, 0.5) is 0 Å². The van der Waals surface area contributed by atoms with Crippen LogP contribution >= 0.6 is 24.6 Å². The second-order valence-electron chi connectivity index (χ2n) is 2.73. The first-order valence-electron chi connectivity index (χ1n) is 3.24. The summed E-state index contributed by atoms with van der Waals surface area (Å²) in [6.45, 7) is 0. The van der Waals surface area contributed by atoms with Crippen molar-refractivity contribution in [3.05, 3.63) is 0 Å². The predicted octanol–water partition coefficient (Wildman–Crippen LogP) is 0.966. The van der Waals surface area contributed by atoms with Gasteiger partial charge in [0.1, 0.15) is 0 Å². The fraction of sp³-hybridized carbons (Fsp3) is 0.833. The SMILES string of the molecule is Cl.NC(=S)C1(N)CCCC1. The van der Waals surface area contributed by atoms with E-state index in [0.29, 0.717) is 4.99 Å². The third-order valence-electron chi connectivity index (χ3n) is 1.99. The van der Waals surface area contributed by atoms with Crippen LogP contribution in [-0.4, -0.2) is 10.5 Å². The highest BCUT2D eigenvalue weighted by atomic mass is 35.5. The van der Waals surface area contributed by atoms with Gasteiger partial charge in [0, 0.05) is 0 Å². The molecule has 2 nitrogen and oxygen atoms in total. The summed E-state index contributed by atoms with van der Waals surface area (Å²) in [6.07, 6.45) is 4.30. The summed E-state index contributed by atoms with van der Waals surface area (Å²) in [7, 11) is 0. The van der Waals surface area contributed by atoms with E-state index in [4.69, 9.17) is 23.7 Å². The van der Waals surface area contributed by atoms with E-state index in [1.807, 2.05) is 0 Å². The van der Waals surface area contributed by atoms with Crippen molar-refractivity contribution in [2.24, 2.45) is 11.5 Å². The molecule has 10 heavy (non-hydrogen) atoms. The van der Waals surface area contributed by atoms with Gasteiger partial charge in [-0.25, -0.2) is 0 Å². The van der Waals surface area contributed by atoms with Gasteiger partial charge in [0.25, 0.3) is 0 Å². The molecule has 1 saturated carbocycles. The Labute approximate surface area is 72.7 Å². The summed E-state index contributed by atoms with van der Waals surface area (Å²) in [4.78, 5) is 0.486. The summed E-state index contributed by atoms with van der Waals surface area (Å²) in [5.74, 6) is 0. The minimum absolute atomic E-state index is 0. The first-order chi connectivity index (χ1) is 4.15. The predicted molar refractivity (Wildman–Crippen MR) is 49.4 cm³/mol. The fourth-order valence-corrected chi connectivity index (χ4v) is 1.46. The van der Waals surface area contributed by atoms with Gasteiger partial charge < -0.3 is 11.5 Å². The van der Waals surface area contributed by atoms with E-state index >= 15 is 0 Å². The lowest BCUT2D eigenvalue weighted by Crippen LogP contribution is -2.48. The zero-order valence-corrected chi connectivity index (χ0v) is 7.43. The van der Waals surface area contributed by atoms with Crippen LogP contribution in [0.3, 0.4) is 0 Å². The lowest BCUT2D eigenvalue weighted by atomic mass is 10.00. The van der Waals surface area contributed by atoms with Gasteiger partial charge in [0.15, 0.2) is 0 Å². The van der Waals surface area contributed by atoms with Crippen molar-refractivity contribution in [1.29, 1.82) is 0 Å². The molecule has 0 unspecified atom stereocenters. The highest BCUT2D eigenvalue weighted by Crippen LogP contribution is 2.26. The van der Waals surface area contributed by atoms with E-state index in [1.165, 1.54) is 12.8 Å². The number of hydrogen-bond acceptors (Lipinski definition) is 2. The van der Waals surface area contributed by atoms with Gasteiger partial charge in [-0.05, 0) is 12.8 Å². The van der Waals surface area contributed by atoms with Crippen molar-refractivity contribution in [3.8, 4) is 0 Å². The van der Waals surface area contributed by atoms with E-state index in [-0.39, 0.29) is 17.9 Å². The van der Waals surface area contributed by atoms with Crippen molar-refractivity contribution in [2.75, 3.05) is 0 Å². The molecular weight excluding hydrogens is 168 g/mol. The van der Waals surface area contributed by atoms with E-state index in [9.17, 15) is 0 Å². The maximum Gasteiger partial charge on any atom is 0.0929 e. The van der Waals surface area contributed by atoms with Gasteiger partial charge in [-0.3, -0.25) is 0 Å². The molecule has 1 aliphatic carbocycles. The molecule has 0 aromatic heterocycles. The zero-order chi connectivity index (χ0) is 6.91. The van der Waals surface area contributed by atoms with Gasteiger partial charge >= 0.3 is 0 Å². The summed E-state index contributed by atoms with van der Waals surface area (Å²) < 4.78 is 0. The Hall–Kier alpha value is 0.140. The molecule has 0 radical (unpaired) electrons. The highest BCUT2D eigenvalue weighted by molar-refractivity contribution is 7.80. The maximum absolute atomic E-state index is 5.84. The second kappa shape index (κ2) is 3.51. The van der Waals surface area contributed by atoms with Gasteiger partial charge in [0.2, 0.25) is 0 Å². The molecule has 4 heteroatoms. The van der Waals surface area contributed by atoms with Crippen LogP contribution in [-0.2, 0) is 0 Å². The summed E-state index contributed by atoms with van der Waals surface area (Å²) in [5.41, 5.74) is 11.0. The van der Waals surface area contributed by atoms with Gasteiger partial charge in [-0.15, -0.1) is 12.4 Å². The van der Waals surface area contributed by atoms with Gasteiger partial charge in [0.05, 0.1) is 10.5 Å². The lowest BCUT2D eigenvalue weighted by molar-refractivity contribution is 0.592. The third-order valence-corrected chi connectivity index (χ3v) is 2.39. The van der Waals surface area contributed by atoms with Crippen LogP contribution < -0.4 is 11.5 Å². The molecule has 0 aromatic carbocycles. The Kier molecular flexibility index (Phi) is 3.56. The lowest BCUT2D eigenvalue weighted by Gasteiger charge is -2.20. The topological polar surface area (TPSA) is 52.0 Å². The molecule has 0 heterocycles. The molecule has 0 atom stereocenters. The zero-order valence-electron chi connectivity index (χ0n) is 5.80. The van der Waals surface area contributed by atoms with Crippen LogP contribution in [0.1, 0.15) is 25.7 Å². The molecule has 0 aliphatic heterocycles. The van der Waals surface area contributed by atoms with E-state index in [1.54, 1.807) is 0 Å². The van der Waals surface area contributed by atoms with Crippen molar-refractivity contribution >= 4 is 29.6 Å². The number of thiocarbonyl (C=S) groups is 1. The second-order valence-corrected chi connectivity index (χ2v) is 3.17. The molecule has 4 N–H and O–H groups in total. The average molecular weight is 181 g/mol. The molecule has 0 amide bonds. The Balaban J connectivity index is 0.000000810. The first kappa shape index (κ1) is 10.1. The van der Waals surface area contributed by atoms with Crippen molar-refractivity contribution in [1.82, 2.24) is 0 Å². The molecular formula is C6H13ClN2S. The Bertz CT molecular complexity index is 132. The van der Waals surface area contributed by atoms with E-state index < -0.39 is 0 Å². The third kappa shape index (κ3) is 1.81. The summed E-state index contributed by atoms with van der Waals surface area (Å²) >= 11 is 4.82. The van der Waals surface area contributed by atoms with Crippen molar-refractivity contribution < 1.29 is 0 Å². The number of nitrogens with two attached hydrogens (primary N) is 2. The summed E-state index contributed by atoms with van der Waals surface area (Å²) in [5, 5.41) is 0. The molecule has 1 aliphatic rings. The fourth-order valence-electron chi connectivity index (χ4n) is 1.25. The molecule has 0 bridgehead atoms. The van der Waals surface area contributed by atoms with Gasteiger partial charge in [-0.1, -0.05) is 25.1 Å². The minimum atomic E-state index is -0.296. The normalized spacial score (nSPS) is 21.7. The van der Waals surface area contributed by atoms with Crippen LogP contribution in [0.15, 0.2) is 0 Å². The number of hydrogen-bond donors (Lipinski definition) is 2. The summed E-state index contributed by atoms with van der Waals surface area (Å²) in [6, 6.07) is 0. The molecule has 1 fully saturated rings. The van der Waals surface area contributed by atoms with Gasteiger partial charge in [-0.2, -0.15) is 0 Å². The Morgan fingerprint density at radius 3 is 1.90 bits per heavy atom. The van der Waals surface area contributed by atoms with E-state index in [0.717, 1.165) is 12.8 Å². The molecule has 0 saturated heterocycles. The maximum atomic E-state index is 5.84. The Morgan fingerprint density at radius 1 is 1.30 bits per heavy atom. The first-order valence-corrected chi connectivity index (χ1v) is 3.65. The monoisotopic (exact) mass is 180 g/mol. The highest BCUT2D eigenvalue weighted by Gasteiger charge is 2.31. The van der Waals surface area contributed by atoms with Crippen LogP contribution in [0.2, 0.25) is 0 Å². The Morgan fingerprint density at radius 2 is 1.70 bits per heavy atom. The number of halogens is 1. The molecule has 0 aromatic rings. The van der Waals surface area contributed by atoms with Crippen LogP contribution in [0, 0.1) is 0 Å². The molecule has 60 valence electrons.